The predicted molar refractivity (Wildman–Crippen MR) is 87.0 cm³/mol. The first-order chi connectivity index (χ1) is 11.0. The van der Waals surface area contributed by atoms with E-state index in [2.05, 4.69) is 21.2 Å². The van der Waals surface area contributed by atoms with Crippen LogP contribution in [-0.4, -0.2) is 55.8 Å². The summed E-state index contributed by atoms with van der Waals surface area (Å²) >= 11 is 3.35. The van der Waals surface area contributed by atoms with E-state index in [9.17, 15) is 9.59 Å². The molecule has 1 aliphatic rings. The zero-order valence-corrected chi connectivity index (χ0v) is 14.3. The van der Waals surface area contributed by atoms with Crippen molar-refractivity contribution in [2.75, 3.05) is 39.2 Å². The first-order valence-electron chi connectivity index (χ1n) is 6.84. The molecule has 124 valence electrons. The highest BCUT2D eigenvalue weighted by Crippen LogP contribution is 2.30. The standard InChI is InChI=1S/C15H17BrN2O5/c1-22-12-7-9(3-4-11(12)16)17-13-10(15(21)23-2)8-18(5-6-19)14(13)20/h3-4,7,17,19H,5-6,8H2,1-2H3. The van der Waals surface area contributed by atoms with Gasteiger partial charge in [0.05, 0.1) is 37.4 Å². The first kappa shape index (κ1) is 17.3. The molecule has 8 heteroatoms. The highest BCUT2D eigenvalue weighted by Gasteiger charge is 2.34. The average molecular weight is 385 g/mol. The molecule has 1 aromatic rings. The predicted octanol–water partition coefficient (Wildman–Crippen LogP) is 1.13. The summed E-state index contributed by atoms with van der Waals surface area (Å²) in [4.78, 5) is 25.7. The SMILES string of the molecule is COC(=O)C1=C(Nc2ccc(Br)c(OC)c2)C(=O)N(CCO)C1. The number of esters is 1. The number of rotatable bonds is 6. The number of hydrogen-bond acceptors (Lipinski definition) is 6. The van der Waals surface area contributed by atoms with E-state index in [0.717, 1.165) is 4.47 Å². The maximum absolute atomic E-state index is 12.4. The van der Waals surface area contributed by atoms with Crippen molar-refractivity contribution in [2.45, 2.75) is 0 Å². The van der Waals surface area contributed by atoms with Crippen LogP contribution >= 0.6 is 15.9 Å². The van der Waals surface area contributed by atoms with Crippen LogP contribution in [0.4, 0.5) is 5.69 Å². The van der Waals surface area contributed by atoms with Gasteiger partial charge in [0.2, 0.25) is 0 Å². The number of nitrogens with one attached hydrogen (secondary N) is 1. The fraction of sp³-hybridized carbons (Fsp3) is 0.333. The number of benzene rings is 1. The van der Waals surface area contributed by atoms with Crippen LogP contribution in [0, 0.1) is 0 Å². The van der Waals surface area contributed by atoms with Crippen molar-refractivity contribution in [3.63, 3.8) is 0 Å². The summed E-state index contributed by atoms with van der Waals surface area (Å²) in [5.41, 5.74) is 0.975. The third kappa shape index (κ3) is 3.65. The van der Waals surface area contributed by atoms with E-state index < -0.39 is 5.97 Å². The fourth-order valence-electron chi connectivity index (χ4n) is 2.23. The van der Waals surface area contributed by atoms with Crippen LogP contribution in [0.3, 0.4) is 0 Å². The molecular weight excluding hydrogens is 368 g/mol. The lowest BCUT2D eigenvalue weighted by Crippen LogP contribution is -2.31. The van der Waals surface area contributed by atoms with Crippen LogP contribution in [-0.2, 0) is 14.3 Å². The highest BCUT2D eigenvalue weighted by atomic mass is 79.9. The van der Waals surface area contributed by atoms with Crippen molar-refractivity contribution in [1.82, 2.24) is 4.90 Å². The Morgan fingerprint density at radius 1 is 1.43 bits per heavy atom. The summed E-state index contributed by atoms with van der Waals surface area (Å²) < 4.78 is 10.7. The number of β-amino-alcohol motifs (C(OH)–C–C–N with tert-alkyl or cyclic N) is 1. The number of hydrogen-bond donors (Lipinski definition) is 2. The lowest BCUT2D eigenvalue weighted by atomic mass is 10.2. The minimum atomic E-state index is -0.578. The smallest absolute Gasteiger partial charge is 0.337 e. The number of halogens is 1. The Morgan fingerprint density at radius 2 is 2.17 bits per heavy atom. The Balaban J connectivity index is 2.33. The molecule has 23 heavy (non-hydrogen) atoms. The lowest BCUT2D eigenvalue weighted by Gasteiger charge is -2.15. The summed E-state index contributed by atoms with van der Waals surface area (Å²) in [5.74, 6) is -0.348. The first-order valence-corrected chi connectivity index (χ1v) is 7.63. The molecule has 1 heterocycles. The molecule has 1 amide bonds. The molecule has 0 atom stereocenters. The van der Waals surface area contributed by atoms with Gasteiger partial charge in [0.1, 0.15) is 11.4 Å². The molecular formula is C15H17BrN2O5. The molecule has 0 aromatic heterocycles. The second-order valence-electron chi connectivity index (χ2n) is 4.77. The van der Waals surface area contributed by atoms with Gasteiger partial charge in [0.15, 0.2) is 0 Å². The molecule has 0 saturated carbocycles. The monoisotopic (exact) mass is 384 g/mol. The van der Waals surface area contributed by atoms with Gasteiger partial charge in [-0.25, -0.2) is 4.79 Å². The maximum Gasteiger partial charge on any atom is 0.337 e. The Bertz CT molecular complexity index is 659. The van der Waals surface area contributed by atoms with Crippen molar-refractivity contribution in [1.29, 1.82) is 0 Å². The van der Waals surface area contributed by atoms with Crippen molar-refractivity contribution in [3.05, 3.63) is 33.9 Å². The van der Waals surface area contributed by atoms with Crippen LogP contribution < -0.4 is 10.1 Å². The molecule has 0 bridgehead atoms. The van der Waals surface area contributed by atoms with E-state index in [0.29, 0.717) is 11.4 Å². The summed E-state index contributed by atoms with van der Waals surface area (Å²) in [7, 11) is 2.79. The topological polar surface area (TPSA) is 88.1 Å². The van der Waals surface area contributed by atoms with Crippen molar-refractivity contribution >= 4 is 33.5 Å². The van der Waals surface area contributed by atoms with E-state index in [-0.39, 0.29) is 36.9 Å². The molecule has 7 nitrogen and oxygen atoms in total. The summed E-state index contributed by atoms with van der Waals surface area (Å²) in [5, 5.41) is 12.0. The van der Waals surface area contributed by atoms with Gasteiger partial charge in [0, 0.05) is 18.3 Å². The molecule has 2 rings (SSSR count). The number of nitrogens with zero attached hydrogens (tertiary/aromatic N) is 1. The van der Waals surface area contributed by atoms with Gasteiger partial charge >= 0.3 is 5.97 Å². The third-order valence-corrected chi connectivity index (χ3v) is 4.03. The minimum Gasteiger partial charge on any atom is -0.495 e. The van der Waals surface area contributed by atoms with Crippen LogP contribution in [0.2, 0.25) is 0 Å². The Hall–Kier alpha value is -2.06. The summed E-state index contributed by atoms with van der Waals surface area (Å²) in [6, 6.07) is 5.22. The van der Waals surface area contributed by atoms with Gasteiger partial charge in [-0.05, 0) is 28.1 Å². The second-order valence-corrected chi connectivity index (χ2v) is 5.62. The van der Waals surface area contributed by atoms with Gasteiger partial charge in [0.25, 0.3) is 5.91 Å². The van der Waals surface area contributed by atoms with Crippen molar-refractivity contribution in [3.8, 4) is 5.75 Å². The number of carbonyl (C=O) groups excluding carboxylic acids is 2. The number of ether oxygens (including phenoxy) is 2. The fourth-order valence-corrected chi connectivity index (χ4v) is 2.64. The Labute approximate surface area is 142 Å². The number of methoxy groups -OCH3 is 2. The zero-order chi connectivity index (χ0) is 17.0. The van der Waals surface area contributed by atoms with Gasteiger partial charge in [-0.2, -0.15) is 0 Å². The average Bonchev–Trinajstić information content (AvgIpc) is 2.85. The van der Waals surface area contributed by atoms with Crippen LogP contribution in [0.1, 0.15) is 0 Å². The van der Waals surface area contributed by atoms with Gasteiger partial charge < -0.3 is 24.8 Å². The number of aliphatic hydroxyl groups excluding tert-OH is 1. The molecule has 0 aliphatic carbocycles. The third-order valence-electron chi connectivity index (χ3n) is 3.37. The van der Waals surface area contributed by atoms with Gasteiger partial charge in [-0.3, -0.25) is 4.79 Å². The van der Waals surface area contributed by atoms with E-state index >= 15 is 0 Å². The van der Waals surface area contributed by atoms with Crippen molar-refractivity contribution < 1.29 is 24.2 Å². The van der Waals surface area contributed by atoms with E-state index in [1.165, 1.54) is 19.1 Å². The van der Waals surface area contributed by atoms with E-state index in [1.54, 1.807) is 18.2 Å². The van der Waals surface area contributed by atoms with Gasteiger partial charge in [-0.1, -0.05) is 0 Å². The number of carbonyl (C=O) groups is 2. The van der Waals surface area contributed by atoms with E-state index in [1.807, 2.05) is 0 Å². The molecule has 1 aromatic carbocycles. The number of amides is 1. The maximum atomic E-state index is 12.4. The Morgan fingerprint density at radius 3 is 2.78 bits per heavy atom. The molecule has 0 fully saturated rings. The molecule has 0 unspecified atom stereocenters. The van der Waals surface area contributed by atoms with Crippen LogP contribution in [0.25, 0.3) is 0 Å². The summed E-state index contributed by atoms with van der Waals surface area (Å²) in [6.07, 6.45) is 0. The van der Waals surface area contributed by atoms with E-state index in [4.69, 9.17) is 14.6 Å². The molecule has 0 saturated heterocycles. The molecule has 1 aliphatic heterocycles. The minimum absolute atomic E-state index is 0.0993. The second kappa shape index (κ2) is 7.47. The van der Waals surface area contributed by atoms with Crippen LogP contribution in [0.15, 0.2) is 33.9 Å². The largest absolute Gasteiger partial charge is 0.495 e. The lowest BCUT2D eigenvalue weighted by molar-refractivity contribution is -0.136. The molecule has 2 N–H and O–H groups in total. The number of aliphatic hydroxyl groups is 1. The molecule has 0 radical (unpaired) electrons. The normalized spacial score (nSPS) is 14.3. The zero-order valence-electron chi connectivity index (χ0n) is 12.8. The van der Waals surface area contributed by atoms with Crippen molar-refractivity contribution in [2.24, 2.45) is 0 Å². The summed E-state index contributed by atoms with van der Waals surface area (Å²) in [6.45, 7) is 0.0653. The Kier molecular flexibility index (Phi) is 5.62. The van der Waals surface area contributed by atoms with Crippen LogP contribution in [0.5, 0.6) is 5.75 Å². The number of anilines is 1. The van der Waals surface area contributed by atoms with Gasteiger partial charge in [-0.15, -0.1) is 0 Å². The highest BCUT2D eigenvalue weighted by molar-refractivity contribution is 9.10. The molecule has 0 spiro atoms. The quantitative estimate of drug-likeness (QED) is 0.714.